The predicted molar refractivity (Wildman–Crippen MR) is 98.5 cm³/mol. The molecular weight excluding hydrogens is 352 g/mol. The summed E-state index contributed by atoms with van der Waals surface area (Å²) in [5.74, 6) is -0.0377. The first kappa shape index (κ1) is 19.2. The molecule has 0 spiro atoms. The third-order valence-electron chi connectivity index (χ3n) is 5.07. The van der Waals surface area contributed by atoms with Gasteiger partial charge in [-0.05, 0) is 25.0 Å². The van der Waals surface area contributed by atoms with Gasteiger partial charge >= 0.3 is 0 Å². The lowest BCUT2D eigenvalue weighted by Crippen LogP contribution is -2.53. The second kappa shape index (κ2) is 8.45. The molecule has 2 saturated heterocycles. The van der Waals surface area contributed by atoms with E-state index in [4.69, 9.17) is 4.74 Å². The first-order valence-electron chi connectivity index (χ1n) is 9.09. The zero-order valence-corrected chi connectivity index (χ0v) is 15.4. The summed E-state index contributed by atoms with van der Waals surface area (Å²) in [6.07, 6.45) is 1.42. The summed E-state index contributed by atoms with van der Waals surface area (Å²) >= 11 is 0. The summed E-state index contributed by atoms with van der Waals surface area (Å²) < 4.78 is 5.46. The number of hydrogen-bond acceptors (Lipinski definition) is 6. The highest BCUT2D eigenvalue weighted by Crippen LogP contribution is 2.19. The number of nitrogens with zero attached hydrogens (tertiary/aromatic N) is 4. The molecule has 0 aromatic heterocycles. The second-order valence-electron chi connectivity index (χ2n) is 6.83. The van der Waals surface area contributed by atoms with Gasteiger partial charge in [-0.15, -0.1) is 0 Å². The second-order valence-corrected chi connectivity index (χ2v) is 6.83. The Hall–Kier alpha value is -2.52. The van der Waals surface area contributed by atoms with Gasteiger partial charge in [0.2, 0.25) is 5.91 Å². The standard InChI is InChI=1S/C18H24N4O5/c1-19(14-4-6-15(7-5-14)22(25)26)17(23)13-20-8-10-21(11-9-20)18(24)16-3-2-12-27-16/h4-7,16H,2-3,8-13H2,1H3. The molecule has 2 aliphatic rings. The average molecular weight is 376 g/mol. The average Bonchev–Trinajstić information content (AvgIpc) is 3.22. The summed E-state index contributed by atoms with van der Waals surface area (Å²) in [5.41, 5.74) is 0.601. The van der Waals surface area contributed by atoms with Gasteiger partial charge in [0.15, 0.2) is 0 Å². The van der Waals surface area contributed by atoms with Crippen molar-refractivity contribution in [3.05, 3.63) is 34.4 Å². The smallest absolute Gasteiger partial charge is 0.269 e. The fourth-order valence-electron chi connectivity index (χ4n) is 3.34. The molecule has 2 heterocycles. The molecule has 0 bridgehead atoms. The number of piperazine rings is 1. The van der Waals surface area contributed by atoms with Crippen molar-refractivity contribution in [3.63, 3.8) is 0 Å². The highest BCUT2D eigenvalue weighted by molar-refractivity contribution is 5.94. The van der Waals surface area contributed by atoms with E-state index < -0.39 is 4.92 Å². The van der Waals surface area contributed by atoms with Gasteiger partial charge in [-0.25, -0.2) is 0 Å². The van der Waals surface area contributed by atoms with Gasteiger partial charge in [0.25, 0.3) is 11.6 Å². The van der Waals surface area contributed by atoms with Crippen LogP contribution in [0.4, 0.5) is 11.4 Å². The molecule has 1 aromatic rings. The number of carbonyl (C=O) groups excluding carboxylic acids is 2. The lowest BCUT2D eigenvalue weighted by molar-refractivity contribution is -0.384. The van der Waals surface area contributed by atoms with Crippen molar-refractivity contribution in [2.45, 2.75) is 18.9 Å². The number of amides is 2. The molecule has 1 unspecified atom stereocenters. The van der Waals surface area contributed by atoms with Crippen LogP contribution in [0.5, 0.6) is 0 Å². The number of non-ortho nitro benzene ring substituents is 1. The van der Waals surface area contributed by atoms with Crippen LogP contribution >= 0.6 is 0 Å². The maximum atomic E-state index is 12.5. The van der Waals surface area contributed by atoms with Crippen LogP contribution in [-0.4, -0.2) is 79.0 Å². The highest BCUT2D eigenvalue weighted by Gasteiger charge is 2.30. The van der Waals surface area contributed by atoms with E-state index in [9.17, 15) is 19.7 Å². The van der Waals surface area contributed by atoms with Crippen LogP contribution < -0.4 is 4.90 Å². The lowest BCUT2D eigenvalue weighted by atomic mass is 10.2. The molecule has 0 N–H and O–H groups in total. The monoisotopic (exact) mass is 376 g/mol. The fraction of sp³-hybridized carbons (Fsp3) is 0.556. The van der Waals surface area contributed by atoms with E-state index in [0.29, 0.717) is 38.5 Å². The molecule has 27 heavy (non-hydrogen) atoms. The Bertz CT molecular complexity index is 694. The van der Waals surface area contributed by atoms with Crippen molar-refractivity contribution in [1.29, 1.82) is 0 Å². The maximum absolute atomic E-state index is 12.5. The van der Waals surface area contributed by atoms with Crippen molar-refractivity contribution in [3.8, 4) is 0 Å². The van der Waals surface area contributed by atoms with Crippen LogP contribution in [0.2, 0.25) is 0 Å². The van der Waals surface area contributed by atoms with Gasteiger partial charge in [-0.1, -0.05) is 0 Å². The third-order valence-corrected chi connectivity index (χ3v) is 5.07. The molecule has 0 aliphatic carbocycles. The number of anilines is 1. The molecule has 3 rings (SSSR count). The quantitative estimate of drug-likeness (QED) is 0.559. The Morgan fingerprint density at radius 2 is 1.89 bits per heavy atom. The van der Waals surface area contributed by atoms with E-state index in [0.717, 1.165) is 12.8 Å². The predicted octanol–water partition coefficient (Wildman–Crippen LogP) is 0.881. The number of nitro groups is 1. The number of likely N-dealkylation sites (N-methyl/N-ethyl adjacent to an activating group) is 1. The molecule has 9 nitrogen and oxygen atoms in total. The van der Waals surface area contributed by atoms with Crippen LogP contribution in [-0.2, 0) is 14.3 Å². The number of carbonyl (C=O) groups is 2. The maximum Gasteiger partial charge on any atom is 0.269 e. The Balaban J connectivity index is 1.48. The number of hydrogen-bond donors (Lipinski definition) is 0. The third kappa shape index (κ3) is 4.61. The minimum absolute atomic E-state index is 0.00775. The molecule has 2 amide bonds. The van der Waals surface area contributed by atoms with Gasteiger partial charge in [-0.2, -0.15) is 0 Å². The SMILES string of the molecule is CN(C(=O)CN1CCN(C(=O)C2CCCO2)CC1)c1ccc([N+](=O)[O-])cc1. The normalized spacial score (nSPS) is 20.5. The largest absolute Gasteiger partial charge is 0.368 e. The van der Waals surface area contributed by atoms with E-state index in [1.165, 1.54) is 17.0 Å². The Labute approximate surface area is 157 Å². The molecular formula is C18H24N4O5. The van der Waals surface area contributed by atoms with E-state index in [1.54, 1.807) is 19.2 Å². The van der Waals surface area contributed by atoms with Crippen LogP contribution in [0, 0.1) is 10.1 Å². The lowest BCUT2D eigenvalue weighted by Gasteiger charge is -2.36. The molecule has 0 radical (unpaired) electrons. The number of rotatable bonds is 5. The van der Waals surface area contributed by atoms with Crippen molar-refractivity contribution >= 4 is 23.2 Å². The van der Waals surface area contributed by atoms with Crippen molar-refractivity contribution in [2.75, 3.05) is 51.3 Å². The van der Waals surface area contributed by atoms with E-state index in [2.05, 4.69) is 0 Å². The van der Waals surface area contributed by atoms with Gasteiger partial charge in [0.1, 0.15) is 6.10 Å². The summed E-state index contributed by atoms with van der Waals surface area (Å²) in [6.45, 7) is 3.35. The molecule has 2 aliphatic heterocycles. The number of ether oxygens (including phenoxy) is 1. The van der Waals surface area contributed by atoms with Crippen molar-refractivity contribution in [2.24, 2.45) is 0 Å². The number of benzene rings is 1. The summed E-state index contributed by atoms with van der Waals surface area (Å²) in [7, 11) is 1.65. The molecule has 0 saturated carbocycles. The molecule has 1 atom stereocenters. The van der Waals surface area contributed by atoms with Crippen LogP contribution in [0.3, 0.4) is 0 Å². The Morgan fingerprint density at radius 3 is 2.44 bits per heavy atom. The minimum atomic E-state index is -0.469. The van der Waals surface area contributed by atoms with Crippen molar-refractivity contribution in [1.82, 2.24) is 9.80 Å². The molecule has 2 fully saturated rings. The molecule has 146 valence electrons. The van der Waals surface area contributed by atoms with Crippen molar-refractivity contribution < 1.29 is 19.2 Å². The van der Waals surface area contributed by atoms with Crippen LogP contribution in [0.1, 0.15) is 12.8 Å². The van der Waals surface area contributed by atoms with E-state index in [1.807, 2.05) is 9.80 Å². The Morgan fingerprint density at radius 1 is 1.22 bits per heavy atom. The molecule has 1 aromatic carbocycles. The topological polar surface area (TPSA) is 96.2 Å². The minimum Gasteiger partial charge on any atom is -0.368 e. The summed E-state index contributed by atoms with van der Waals surface area (Å²) in [4.78, 5) is 40.4. The number of nitro benzene ring substituents is 1. The zero-order valence-electron chi connectivity index (χ0n) is 15.4. The highest BCUT2D eigenvalue weighted by atomic mass is 16.6. The summed E-state index contributed by atoms with van der Waals surface area (Å²) in [6, 6.07) is 5.89. The van der Waals surface area contributed by atoms with Crippen LogP contribution in [0.15, 0.2) is 24.3 Å². The van der Waals surface area contributed by atoms with E-state index >= 15 is 0 Å². The fourth-order valence-corrected chi connectivity index (χ4v) is 3.34. The zero-order chi connectivity index (χ0) is 19.4. The van der Waals surface area contributed by atoms with Gasteiger partial charge in [-0.3, -0.25) is 24.6 Å². The first-order valence-corrected chi connectivity index (χ1v) is 9.09. The Kier molecular flexibility index (Phi) is 6.02. The van der Waals surface area contributed by atoms with Gasteiger partial charge < -0.3 is 14.5 Å². The van der Waals surface area contributed by atoms with E-state index in [-0.39, 0.29) is 30.2 Å². The van der Waals surface area contributed by atoms with Crippen LogP contribution in [0.25, 0.3) is 0 Å². The van der Waals surface area contributed by atoms with Gasteiger partial charge in [0.05, 0.1) is 11.5 Å². The molecule has 9 heteroatoms. The first-order chi connectivity index (χ1) is 13.0. The summed E-state index contributed by atoms with van der Waals surface area (Å²) in [5, 5.41) is 10.7. The van der Waals surface area contributed by atoms with Gasteiger partial charge in [0, 0.05) is 57.7 Å².